The van der Waals surface area contributed by atoms with Crippen molar-refractivity contribution in [2.24, 2.45) is 5.92 Å². The molecular weight excluding hydrogens is 292 g/mol. The molecule has 5 nitrogen and oxygen atoms in total. The second-order valence-corrected chi connectivity index (χ2v) is 7.03. The SMILES string of the molecule is Cc1ccc(C2(C)CCN(C3CCCC3C(=O)NO)C2=O)cc1. The number of hydrogen-bond donors (Lipinski definition) is 2. The number of nitrogens with zero attached hydrogens (tertiary/aromatic N) is 1. The summed E-state index contributed by atoms with van der Waals surface area (Å²) in [5.41, 5.74) is 3.45. The van der Waals surface area contributed by atoms with Gasteiger partial charge < -0.3 is 4.90 Å². The molecule has 2 aliphatic rings. The van der Waals surface area contributed by atoms with E-state index in [1.807, 2.05) is 43.0 Å². The van der Waals surface area contributed by atoms with Crippen LogP contribution in [0.3, 0.4) is 0 Å². The molecule has 2 amide bonds. The van der Waals surface area contributed by atoms with Crippen molar-refractivity contribution in [3.63, 3.8) is 0 Å². The number of likely N-dealkylation sites (tertiary alicyclic amines) is 1. The monoisotopic (exact) mass is 316 g/mol. The minimum Gasteiger partial charge on any atom is -0.338 e. The van der Waals surface area contributed by atoms with Crippen LogP contribution in [0.15, 0.2) is 24.3 Å². The lowest BCUT2D eigenvalue weighted by molar-refractivity contribution is -0.139. The Labute approximate surface area is 136 Å². The summed E-state index contributed by atoms with van der Waals surface area (Å²) in [6.07, 6.45) is 3.22. The third-order valence-electron chi connectivity index (χ3n) is 5.60. The van der Waals surface area contributed by atoms with Crippen LogP contribution in [0.1, 0.15) is 43.7 Å². The summed E-state index contributed by atoms with van der Waals surface area (Å²) >= 11 is 0. The van der Waals surface area contributed by atoms with E-state index >= 15 is 0 Å². The summed E-state index contributed by atoms with van der Waals surface area (Å²) in [7, 11) is 0. The fourth-order valence-corrected chi connectivity index (χ4v) is 4.08. The van der Waals surface area contributed by atoms with E-state index in [9.17, 15) is 9.59 Å². The van der Waals surface area contributed by atoms with Crippen LogP contribution in [0, 0.1) is 12.8 Å². The lowest BCUT2D eigenvalue weighted by Crippen LogP contribution is -2.46. The summed E-state index contributed by atoms with van der Waals surface area (Å²) in [5, 5.41) is 8.93. The molecule has 2 N–H and O–H groups in total. The quantitative estimate of drug-likeness (QED) is 0.663. The second kappa shape index (κ2) is 5.96. The van der Waals surface area contributed by atoms with Crippen molar-refractivity contribution in [3.8, 4) is 0 Å². The van der Waals surface area contributed by atoms with Crippen molar-refractivity contribution < 1.29 is 14.8 Å². The number of hydrogen-bond acceptors (Lipinski definition) is 3. The molecule has 3 atom stereocenters. The number of nitrogens with one attached hydrogen (secondary N) is 1. The first kappa shape index (κ1) is 16.0. The van der Waals surface area contributed by atoms with Gasteiger partial charge in [0.2, 0.25) is 11.8 Å². The fraction of sp³-hybridized carbons (Fsp3) is 0.556. The van der Waals surface area contributed by atoms with E-state index in [2.05, 4.69) is 0 Å². The predicted molar refractivity (Wildman–Crippen MR) is 85.9 cm³/mol. The molecule has 1 heterocycles. The Bertz CT molecular complexity index is 613. The Hall–Kier alpha value is -1.88. The largest absolute Gasteiger partial charge is 0.338 e. The van der Waals surface area contributed by atoms with Gasteiger partial charge >= 0.3 is 0 Å². The smallest absolute Gasteiger partial charge is 0.248 e. The zero-order valence-electron chi connectivity index (χ0n) is 13.7. The van der Waals surface area contributed by atoms with E-state index < -0.39 is 5.41 Å². The van der Waals surface area contributed by atoms with Crippen molar-refractivity contribution >= 4 is 11.8 Å². The summed E-state index contributed by atoms with van der Waals surface area (Å²) in [6, 6.07) is 8.04. The number of carbonyl (C=O) groups is 2. The van der Waals surface area contributed by atoms with Crippen LogP contribution in [0.25, 0.3) is 0 Å². The number of rotatable bonds is 3. The maximum atomic E-state index is 13.1. The average molecular weight is 316 g/mol. The molecule has 23 heavy (non-hydrogen) atoms. The summed E-state index contributed by atoms with van der Waals surface area (Å²) in [4.78, 5) is 26.8. The topological polar surface area (TPSA) is 69.6 Å². The number of aryl methyl sites for hydroxylation is 1. The predicted octanol–water partition coefficient (Wildman–Crippen LogP) is 2.16. The molecule has 1 saturated heterocycles. The Morgan fingerprint density at radius 1 is 1.30 bits per heavy atom. The lowest BCUT2D eigenvalue weighted by atomic mass is 9.81. The van der Waals surface area contributed by atoms with Gasteiger partial charge in [0.1, 0.15) is 0 Å². The van der Waals surface area contributed by atoms with Crippen LogP contribution in [-0.4, -0.2) is 34.5 Å². The van der Waals surface area contributed by atoms with Gasteiger partial charge in [0.25, 0.3) is 0 Å². The van der Waals surface area contributed by atoms with Gasteiger partial charge in [-0.2, -0.15) is 0 Å². The second-order valence-electron chi connectivity index (χ2n) is 7.03. The van der Waals surface area contributed by atoms with E-state index in [0.717, 1.165) is 31.2 Å². The van der Waals surface area contributed by atoms with Gasteiger partial charge in [-0.1, -0.05) is 36.2 Å². The highest BCUT2D eigenvalue weighted by atomic mass is 16.5. The van der Waals surface area contributed by atoms with Gasteiger partial charge in [0, 0.05) is 12.6 Å². The van der Waals surface area contributed by atoms with Crippen LogP contribution < -0.4 is 5.48 Å². The molecule has 1 aromatic rings. The van der Waals surface area contributed by atoms with E-state index in [4.69, 9.17) is 5.21 Å². The van der Waals surface area contributed by atoms with E-state index in [-0.39, 0.29) is 23.8 Å². The minimum absolute atomic E-state index is 0.0954. The minimum atomic E-state index is -0.517. The molecule has 5 heteroatoms. The number of hydroxylamine groups is 1. The molecule has 0 spiro atoms. The third-order valence-corrected chi connectivity index (χ3v) is 5.60. The van der Waals surface area contributed by atoms with Crippen LogP contribution in [0.4, 0.5) is 0 Å². The molecule has 2 fully saturated rings. The standard InChI is InChI=1S/C18H24N2O3/c1-12-6-8-13(9-7-12)18(2)10-11-20(17(18)22)15-5-3-4-14(15)16(21)19-23/h6-9,14-15,23H,3-5,10-11H2,1-2H3,(H,19,21). The molecule has 0 bridgehead atoms. The molecule has 124 valence electrons. The van der Waals surface area contributed by atoms with Crippen molar-refractivity contribution in [2.75, 3.05) is 6.54 Å². The van der Waals surface area contributed by atoms with E-state index in [1.54, 1.807) is 5.48 Å². The van der Waals surface area contributed by atoms with Crippen LogP contribution >= 0.6 is 0 Å². The Morgan fingerprint density at radius 2 is 2.00 bits per heavy atom. The maximum absolute atomic E-state index is 13.1. The molecule has 3 rings (SSSR count). The van der Waals surface area contributed by atoms with Crippen molar-refractivity contribution in [2.45, 2.75) is 51.0 Å². The van der Waals surface area contributed by atoms with Gasteiger partial charge in [-0.25, -0.2) is 5.48 Å². The number of carbonyl (C=O) groups excluding carboxylic acids is 2. The molecule has 0 radical (unpaired) electrons. The van der Waals surface area contributed by atoms with Gasteiger partial charge in [0.15, 0.2) is 0 Å². The highest BCUT2D eigenvalue weighted by molar-refractivity contribution is 5.91. The first-order chi connectivity index (χ1) is 11.0. The molecule has 1 aromatic carbocycles. The van der Waals surface area contributed by atoms with E-state index in [0.29, 0.717) is 6.54 Å². The normalized spacial score (nSPS) is 30.7. The van der Waals surface area contributed by atoms with Crippen molar-refractivity contribution in [1.29, 1.82) is 0 Å². The first-order valence-corrected chi connectivity index (χ1v) is 8.29. The van der Waals surface area contributed by atoms with Crippen LogP contribution in [-0.2, 0) is 15.0 Å². The average Bonchev–Trinajstić information content (AvgIpc) is 3.14. The van der Waals surface area contributed by atoms with Gasteiger partial charge in [-0.3, -0.25) is 14.8 Å². The maximum Gasteiger partial charge on any atom is 0.248 e. The zero-order valence-corrected chi connectivity index (χ0v) is 13.7. The molecule has 1 aliphatic carbocycles. The van der Waals surface area contributed by atoms with Crippen molar-refractivity contribution in [1.82, 2.24) is 10.4 Å². The lowest BCUT2D eigenvalue weighted by Gasteiger charge is -2.31. The van der Waals surface area contributed by atoms with E-state index in [1.165, 1.54) is 5.56 Å². The van der Waals surface area contributed by atoms with Gasteiger partial charge in [-0.05, 0) is 38.7 Å². The summed E-state index contributed by atoms with van der Waals surface area (Å²) in [5.74, 6) is -0.572. The Morgan fingerprint density at radius 3 is 2.65 bits per heavy atom. The number of amides is 2. The molecular formula is C18H24N2O3. The van der Waals surface area contributed by atoms with Crippen LogP contribution in [0.5, 0.6) is 0 Å². The van der Waals surface area contributed by atoms with Crippen LogP contribution in [0.2, 0.25) is 0 Å². The highest BCUT2D eigenvalue weighted by Gasteiger charge is 2.49. The third kappa shape index (κ3) is 2.63. The van der Waals surface area contributed by atoms with Gasteiger partial charge in [-0.15, -0.1) is 0 Å². The Kier molecular flexibility index (Phi) is 4.15. The molecule has 1 saturated carbocycles. The molecule has 0 aromatic heterocycles. The first-order valence-electron chi connectivity index (χ1n) is 8.29. The summed E-state index contributed by atoms with van der Waals surface area (Å²) < 4.78 is 0. The van der Waals surface area contributed by atoms with Crippen molar-refractivity contribution in [3.05, 3.63) is 35.4 Å². The zero-order chi connectivity index (χ0) is 16.6. The molecule has 3 unspecified atom stereocenters. The molecule has 1 aliphatic heterocycles. The Balaban J connectivity index is 1.83. The fourth-order valence-electron chi connectivity index (χ4n) is 4.08. The highest BCUT2D eigenvalue weighted by Crippen LogP contribution is 2.40. The van der Waals surface area contributed by atoms with Gasteiger partial charge in [0.05, 0.1) is 11.3 Å². The number of benzene rings is 1. The summed E-state index contributed by atoms with van der Waals surface area (Å²) in [6.45, 7) is 4.70.